The van der Waals surface area contributed by atoms with Crippen LogP contribution in [0.4, 0.5) is 10.1 Å². The number of hydrogen-bond acceptors (Lipinski definition) is 4. The molecule has 2 N–H and O–H groups in total. The predicted molar refractivity (Wildman–Crippen MR) is 89.2 cm³/mol. The number of amides is 1. The number of ether oxygens (including phenoxy) is 1. The van der Waals surface area contributed by atoms with E-state index in [0.717, 1.165) is 12.0 Å². The number of benzene rings is 1. The van der Waals surface area contributed by atoms with E-state index in [1.54, 1.807) is 6.07 Å². The number of rotatable bonds is 4. The minimum atomic E-state index is -0.395. The van der Waals surface area contributed by atoms with Gasteiger partial charge in [-0.15, -0.1) is 0 Å². The molecule has 3 rings (SSSR count). The molecule has 1 amide bonds. The highest BCUT2D eigenvalue weighted by atomic mass is 19.1. The van der Waals surface area contributed by atoms with E-state index in [0.29, 0.717) is 44.8 Å². The molecule has 2 atom stereocenters. The highest BCUT2D eigenvalue weighted by Crippen LogP contribution is 2.24. The third kappa shape index (κ3) is 3.87. The lowest BCUT2D eigenvalue weighted by molar-refractivity contribution is -0.131. The SMILES string of the molecule is CC1CCOC1C(=O)NCc1ccc(N2CCC(O)CC2)c(F)c1. The zero-order chi connectivity index (χ0) is 17.1. The third-order valence-electron chi connectivity index (χ3n) is 4.93. The summed E-state index contributed by atoms with van der Waals surface area (Å²) in [5, 5.41) is 12.4. The molecule has 1 aromatic rings. The summed E-state index contributed by atoms with van der Waals surface area (Å²) in [6.45, 7) is 4.23. The van der Waals surface area contributed by atoms with Gasteiger partial charge in [-0.1, -0.05) is 13.0 Å². The topological polar surface area (TPSA) is 61.8 Å². The second-order valence-corrected chi connectivity index (χ2v) is 6.78. The van der Waals surface area contributed by atoms with E-state index in [1.165, 1.54) is 6.07 Å². The largest absolute Gasteiger partial charge is 0.393 e. The van der Waals surface area contributed by atoms with Gasteiger partial charge in [0.15, 0.2) is 0 Å². The van der Waals surface area contributed by atoms with Gasteiger partial charge >= 0.3 is 0 Å². The maximum absolute atomic E-state index is 14.4. The van der Waals surface area contributed by atoms with Crippen molar-refractivity contribution in [1.82, 2.24) is 5.32 Å². The number of carbonyl (C=O) groups excluding carboxylic acids is 1. The zero-order valence-electron chi connectivity index (χ0n) is 14.0. The molecule has 0 spiro atoms. The van der Waals surface area contributed by atoms with E-state index in [4.69, 9.17) is 4.74 Å². The molecule has 0 aromatic heterocycles. The van der Waals surface area contributed by atoms with Gasteiger partial charge < -0.3 is 20.1 Å². The molecule has 2 saturated heterocycles. The van der Waals surface area contributed by atoms with Crippen molar-refractivity contribution in [3.05, 3.63) is 29.6 Å². The Hall–Kier alpha value is -1.66. The fraction of sp³-hybridized carbons (Fsp3) is 0.611. The van der Waals surface area contributed by atoms with Crippen LogP contribution in [0, 0.1) is 11.7 Å². The smallest absolute Gasteiger partial charge is 0.249 e. The van der Waals surface area contributed by atoms with Crippen LogP contribution in [0.3, 0.4) is 0 Å². The van der Waals surface area contributed by atoms with E-state index in [9.17, 15) is 14.3 Å². The van der Waals surface area contributed by atoms with Crippen LogP contribution < -0.4 is 10.2 Å². The lowest BCUT2D eigenvalue weighted by Crippen LogP contribution is -2.37. The Balaban J connectivity index is 1.57. The Bertz CT molecular complexity index is 588. The van der Waals surface area contributed by atoms with E-state index in [1.807, 2.05) is 17.9 Å². The number of aliphatic hydroxyl groups excluding tert-OH is 1. The molecule has 1 aromatic carbocycles. The van der Waals surface area contributed by atoms with Crippen molar-refractivity contribution in [3.63, 3.8) is 0 Å². The Kier molecular flexibility index (Phi) is 5.36. The molecule has 24 heavy (non-hydrogen) atoms. The van der Waals surface area contributed by atoms with Gasteiger partial charge in [0.1, 0.15) is 11.9 Å². The summed E-state index contributed by atoms with van der Waals surface area (Å²) in [6, 6.07) is 5.06. The van der Waals surface area contributed by atoms with E-state index < -0.39 is 6.10 Å². The highest BCUT2D eigenvalue weighted by molar-refractivity contribution is 5.81. The Morgan fingerprint density at radius 3 is 2.75 bits per heavy atom. The first kappa shape index (κ1) is 17.2. The molecule has 2 unspecified atom stereocenters. The average Bonchev–Trinajstić information content (AvgIpc) is 3.00. The Morgan fingerprint density at radius 2 is 2.12 bits per heavy atom. The monoisotopic (exact) mass is 336 g/mol. The van der Waals surface area contributed by atoms with Crippen molar-refractivity contribution >= 4 is 11.6 Å². The van der Waals surface area contributed by atoms with Crippen LogP contribution in [0.2, 0.25) is 0 Å². The number of carbonyl (C=O) groups is 1. The summed E-state index contributed by atoms with van der Waals surface area (Å²) in [5.41, 5.74) is 1.29. The van der Waals surface area contributed by atoms with Gasteiger partial charge in [-0.25, -0.2) is 4.39 Å². The van der Waals surface area contributed by atoms with Crippen LogP contribution in [-0.4, -0.2) is 42.9 Å². The van der Waals surface area contributed by atoms with Gasteiger partial charge in [-0.3, -0.25) is 4.79 Å². The number of hydrogen-bond donors (Lipinski definition) is 2. The summed E-state index contributed by atoms with van der Waals surface area (Å²) >= 11 is 0. The summed E-state index contributed by atoms with van der Waals surface area (Å²) in [4.78, 5) is 14.1. The van der Waals surface area contributed by atoms with E-state index in [2.05, 4.69) is 5.32 Å². The van der Waals surface area contributed by atoms with Crippen molar-refractivity contribution in [2.45, 2.75) is 44.9 Å². The predicted octanol–water partition coefficient (Wildman–Crippen LogP) is 1.83. The lowest BCUT2D eigenvalue weighted by atomic mass is 10.0. The van der Waals surface area contributed by atoms with Gasteiger partial charge in [0.2, 0.25) is 5.91 Å². The van der Waals surface area contributed by atoms with Crippen LogP contribution in [0.5, 0.6) is 0 Å². The first-order valence-electron chi connectivity index (χ1n) is 8.65. The maximum atomic E-state index is 14.4. The zero-order valence-corrected chi connectivity index (χ0v) is 14.0. The van der Waals surface area contributed by atoms with Gasteiger partial charge in [0.25, 0.3) is 0 Å². The number of anilines is 1. The number of nitrogens with zero attached hydrogens (tertiary/aromatic N) is 1. The van der Waals surface area contributed by atoms with Crippen LogP contribution in [0.25, 0.3) is 0 Å². The molecule has 2 fully saturated rings. The minimum absolute atomic E-state index is 0.130. The quantitative estimate of drug-likeness (QED) is 0.881. The third-order valence-corrected chi connectivity index (χ3v) is 4.93. The first-order chi connectivity index (χ1) is 11.5. The molecule has 0 radical (unpaired) electrons. The summed E-state index contributed by atoms with van der Waals surface area (Å²) in [6.07, 6.45) is 1.55. The van der Waals surface area contributed by atoms with Gasteiger partial charge in [-0.05, 0) is 42.9 Å². The molecule has 0 aliphatic carbocycles. The van der Waals surface area contributed by atoms with Crippen molar-refractivity contribution in [2.75, 3.05) is 24.6 Å². The van der Waals surface area contributed by atoms with Crippen LogP contribution >= 0.6 is 0 Å². The number of aliphatic hydroxyl groups is 1. The van der Waals surface area contributed by atoms with Crippen LogP contribution in [0.15, 0.2) is 18.2 Å². The number of halogens is 1. The van der Waals surface area contributed by atoms with Gasteiger partial charge in [0, 0.05) is 26.2 Å². The van der Waals surface area contributed by atoms with Crippen molar-refractivity contribution in [2.24, 2.45) is 5.92 Å². The number of piperidine rings is 1. The molecule has 2 aliphatic rings. The second kappa shape index (κ2) is 7.49. The van der Waals surface area contributed by atoms with Crippen molar-refractivity contribution < 1.29 is 19.0 Å². The number of nitrogens with one attached hydrogen (secondary N) is 1. The molecule has 0 bridgehead atoms. The molecule has 2 heterocycles. The molecule has 0 saturated carbocycles. The van der Waals surface area contributed by atoms with Crippen LogP contribution in [0.1, 0.15) is 31.7 Å². The second-order valence-electron chi connectivity index (χ2n) is 6.78. The molecular weight excluding hydrogens is 311 g/mol. The Labute approximate surface area is 141 Å². The fourth-order valence-electron chi connectivity index (χ4n) is 3.34. The van der Waals surface area contributed by atoms with Gasteiger partial charge in [-0.2, -0.15) is 0 Å². The lowest BCUT2D eigenvalue weighted by Gasteiger charge is -2.31. The standard InChI is InChI=1S/C18H25FN2O3/c1-12-6-9-24-17(12)18(23)20-11-13-2-3-16(15(19)10-13)21-7-4-14(22)5-8-21/h2-3,10,12,14,17,22H,4-9,11H2,1H3,(H,20,23). The summed E-state index contributed by atoms with van der Waals surface area (Å²) in [7, 11) is 0. The normalized spacial score (nSPS) is 25.0. The fourth-order valence-corrected chi connectivity index (χ4v) is 3.34. The van der Waals surface area contributed by atoms with Crippen molar-refractivity contribution in [3.8, 4) is 0 Å². The average molecular weight is 336 g/mol. The highest BCUT2D eigenvalue weighted by Gasteiger charge is 2.30. The van der Waals surface area contributed by atoms with Gasteiger partial charge in [0.05, 0.1) is 11.8 Å². The Morgan fingerprint density at radius 1 is 1.38 bits per heavy atom. The molecular formula is C18H25FN2O3. The molecule has 5 nitrogen and oxygen atoms in total. The summed E-state index contributed by atoms with van der Waals surface area (Å²) < 4.78 is 19.8. The molecule has 132 valence electrons. The van der Waals surface area contributed by atoms with E-state index in [-0.39, 0.29) is 23.7 Å². The first-order valence-corrected chi connectivity index (χ1v) is 8.65. The van der Waals surface area contributed by atoms with Crippen LogP contribution in [-0.2, 0) is 16.1 Å². The molecule has 2 aliphatic heterocycles. The minimum Gasteiger partial charge on any atom is -0.393 e. The van der Waals surface area contributed by atoms with Crippen molar-refractivity contribution in [1.29, 1.82) is 0 Å². The maximum Gasteiger partial charge on any atom is 0.249 e. The van der Waals surface area contributed by atoms with E-state index >= 15 is 0 Å². The molecule has 6 heteroatoms. The summed E-state index contributed by atoms with van der Waals surface area (Å²) in [5.74, 6) is -0.198.